The Labute approximate surface area is 286 Å². The normalized spacial score (nSPS) is 32.2. The van der Waals surface area contributed by atoms with Crippen molar-refractivity contribution in [3.05, 3.63) is 35.9 Å². The number of hydroxylamine groups is 2. The van der Waals surface area contributed by atoms with E-state index in [4.69, 9.17) is 27.4 Å². The van der Waals surface area contributed by atoms with Gasteiger partial charge in [-0.2, -0.15) is 21.6 Å². The smallest absolute Gasteiger partial charge is 0.414 e. The summed E-state index contributed by atoms with van der Waals surface area (Å²) in [6.07, 6.45) is 0.521. The van der Waals surface area contributed by atoms with Crippen molar-refractivity contribution in [1.82, 2.24) is 5.23 Å². The first kappa shape index (κ1) is 38.3. The van der Waals surface area contributed by atoms with Gasteiger partial charge in [-0.15, -0.1) is 0 Å². The minimum absolute atomic E-state index is 0.0282. The number of hydrogen-bond donors (Lipinski definition) is 0. The van der Waals surface area contributed by atoms with Crippen molar-refractivity contribution in [1.29, 1.82) is 0 Å². The zero-order chi connectivity index (χ0) is 35.4. The first-order valence-electron chi connectivity index (χ1n) is 17.3. The number of alkyl halides is 3. The van der Waals surface area contributed by atoms with Gasteiger partial charge in [-0.3, -0.25) is 9.02 Å². The van der Waals surface area contributed by atoms with Gasteiger partial charge in [-0.05, 0) is 47.6 Å². The van der Waals surface area contributed by atoms with Crippen LogP contribution < -0.4 is 0 Å². The maximum atomic E-state index is 13.8. The van der Waals surface area contributed by atoms with Gasteiger partial charge in [-0.1, -0.05) is 96.9 Å². The van der Waals surface area contributed by atoms with Crippen LogP contribution in [0.3, 0.4) is 0 Å². The molecule has 15 heteroatoms. The lowest BCUT2D eigenvalue weighted by atomic mass is 9.81. The summed E-state index contributed by atoms with van der Waals surface area (Å²) >= 11 is 0. The zero-order valence-electron chi connectivity index (χ0n) is 29.7. The molecular formula is C33H54F3NO8SSi2. The van der Waals surface area contributed by atoms with Crippen LogP contribution in [-0.2, 0) is 37.6 Å². The van der Waals surface area contributed by atoms with Crippen molar-refractivity contribution < 1.29 is 49.0 Å². The van der Waals surface area contributed by atoms with Crippen LogP contribution in [0.1, 0.15) is 92.1 Å². The van der Waals surface area contributed by atoms with Crippen LogP contribution in [0, 0.1) is 0 Å². The number of ether oxygens (including phenoxy) is 1. The topological polar surface area (TPSA) is 92.8 Å². The summed E-state index contributed by atoms with van der Waals surface area (Å²) in [5.41, 5.74) is -4.80. The van der Waals surface area contributed by atoms with Gasteiger partial charge >= 0.3 is 15.6 Å². The van der Waals surface area contributed by atoms with Crippen molar-refractivity contribution in [3.63, 3.8) is 0 Å². The van der Waals surface area contributed by atoms with E-state index < -0.39 is 62.3 Å². The van der Waals surface area contributed by atoms with Crippen molar-refractivity contribution >= 4 is 26.8 Å². The summed E-state index contributed by atoms with van der Waals surface area (Å²) < 4.78 is 91.8. The molecule has 0 radical (unpaired) electrons. The monoisotopic (exact) mass is 737 g/mol. The van der Waals surface area contributed by atoms with E-state index in [-0.39, 0.29) is 40.9 Å². The minimum atomic E-state index is -5.98. The summed E-state index contributed by atoms with van der Waals surface area (Å²) in [5, 5.41) is 1.06. The molecule has 5 rings (SSSR count). The lowest BCUT2D eigenvalue weighted by Crippen LogP contribution is -2.54. The molecule has 1 aromatic rings. The van der Waals surface area contributed by atoms with Crippen LogP contribution in [0.4, 0.5) is 13.2 Å². The van der Waals surface area contributed by atoms with Crippen LogP contribution in [0.15, 0.2) is 30.3 Å². The molecule has 0 spiro atoms. The Kier molecular flexibility index (Phi) is 11.1. The summed E-state index contributed by atoms with van der Waals surface area (Å²) in [5.74, 6) is 0.198. The van der Waals surface area contributed by atoms with Crippen LogP contribution in [-0.4, -0.2) is 79.1 Å². The highest BCUT2D eigenvalue weighted by molar-refractivity contribution is 7.87. The molecule has 48 heavy (non-hydrogen) atoms. The van der Waals surface area contributed by atoms with Crippen molar-refractivity contribution in [2.45, 2.75) is 164 Å². The van der Waals surface area contributed by atoms with Gasteiger partial charge in [0.1, 0.15) is 12.2 Å². The lowest BCUT2D eigenvalue weighted by molar-refractivity contribution is -0.450. The third-order valence-electron chi connectivity index (χ3n) is 11.5. The predicted molar refractivity (Wildman–Crippen MR) is 180 cm³/mol. The van der Waals surface area contributed by atoms with Crippen LogP contribution in [0.5, 0.6) is 0 Å². The molecule has 0 aromatic heterocycles. The molecule has 1 aliphatic carbocycles. The maximum Gasteiger partial charge on any atom is 0.523 e. The quantitative estimate of drug-likeness (QED) is 0.127. The lowest BCUT2D eigenvalue weighted by Gasteiger charge is -2.43. The van der Waals surface area contributed by atoms with Crippen molar-refractivity contribution in [2.24, 2.45) is 0 Å². The van der Waals surface area contributed by atoms with E-state index in [2.05, 4.69) is 39.8 Å². The Morgan fingerprint density at radius 1 is 1.00 bits per heavy atom. The highest BCUT2D eigenvalue weighted by Gasteiger charge is 2.71. The van der Waals surface area contributed by atoms with Gasteiger partial charge in [0.15, 0.2) is 14.6 Å². The molecule has 1 saturated carbocycles. The second-order valence-corrected chi connectivity index (χ2v) is 27.3. The highest BCUT2D eigenvalue weighted by Crippen LogP contribution is 2.60. The Balaban J connectivity index is 1.48. The van der Waals surface area contributed by atoms with Crippen molar-refractivity contribution in [2.75, 3.05) is 6.61 Å². The standard InChI is InChI=1S/C33H54F3NO8SSi2/c1-21(2)48(22(3)4)31-29-26(45-48)19-28(41-25-18-14-13-17-24(25)23-15-11-10-12-16-23)42-37(29)43-30(31)27(44-46(38,39)33(34,35)36)20-40-47(8,9)32(5,6)7/h10-12,15-16,21-22,24-31H,13-14,17-20H2,1-9H3/t24-,25+,26+,27+,28-,29-,30-,31+/m1/s1. The van der Waals surface area contributed by atoms with E-state index in [0.717, 1.165) is 25.7 Å². The average Bonchev–Trinajstić information content (AvgIpc) is 3.54. The van der Waals surface area contributed by atoms with Crippen molar-refractivity contribution in [3.8, 4) is 0 Å². The molecule has 4 fully saturated rings. The van der Waals surface area contributed by atoms with Gasteiger partial charge in [0.05, 0.1) is 24.9 Å². The van der Waals surface area contributed by atoms with Crippen LogP contribution in [0.2, 0.25) is 34.8 Å². The van der Waals surface area contributed by atoms with E-state index in [1.165, 1.54) is 10.8 Å². The second kappa shape index (κ2) is 13.9. The molecule has 1 aromatic carbocycles. The molecule has 3 heterocycles. The first-order chi connectivity index (χ1) is 22.2. The third-order valence-corrected chi connectivity index (χ3v) is 23.1. The Morgan fingerprint density at radius 3 is 2.21 bits per heavy atom. The maximum absolute atomic E-state index is 13.8. The Morgan fingerprint density at radius 2 is 1.62 bits per heavy atom. The van der Waals surface area contributed by atoms with Gasteiger partial charge in [0, 0.05) is 17.9 Å². The number of halogens is 3. The largest absolute Gasteiger partial charge is 0.523 e. The second-order valence-electron chi connectivity index (χ2n) is 16.0. The molecular weight excluding hydrogens is 684 g/mol. The SMILES string of the molecule is CC(C)[Si]1(C(C)C)O[C@H]2C[C@H](O[C@H]3CCCC[C@@H]3c3ccccc3)ON3O[C@H]([C@H](CO[Si](C)(C)C(C)(C)C)OS(=O)(=O)C(F)(F)F)[C@@H]1[C@@H]23. The highest BCUT2D eigenvalue weighted by atomic mass is 32.2. The predicted octanol–water partition coefficient (Wildman–Crippen LogP) is 8.17. The van der Waals surface area contributed by atoms with E-state index in [0.29, 0.717) is 6.42 Å². The first-order valence-corrected chi connectivity index (χ1v) is 23.8. The van der Waals surface area contributed by atoms with Crippen LogP contribution in [0.25, 0.3) is 0 Å². The van der Waals surface area contributed by atoms with Crippen LogP contribution >= 0.6 is 0 Å². The summed E-state index contributed by atoms with van der Waals surface area (Å²) in [4.78, 5) is 12.8. The molecule has 0 N–H and O–H groups in total. The number of nitrogens with zero attached hydrogens (tertiary/aromatic N) is 1. The third kappa shape index (κ3) is 7.24. The molecule has 9 nitrogen and oxygen atoms in total. The van der Waals surface area contributed by atoms with Gasteiger partial charge in [-0.25, -0.2) is 4.84 Å². The molecule has 0 bridgehead atoms. The molecule has 274 valence electrons. The fourth-order valence-electron chi connectivity index (χ4n) is 8.04. The Bertz CT molecular complexity index is 1350. The Hall–Kier alpha value is -0.886. The number of hydrogen-bond acceptors (Lipinski definition) is 9. The zero-order valence-corrected chi connectivity index (χ0v) is 32.5. The van der Waals surface area contributed by atoms with E-state index in [1.807, 2.05) is 52.1 Å². The minimum Gasteiger partial charge on any atom is -0.414 e. The molecule has 3 aliphatic heterocycles. The van der Waals surface area contributed by atoms with Gasteiger partial charge in [0.2, 0.25) is 8.32 Å². The molecule has 3 saturated heterocycles. The van der Waals surface area contributed by atoms with Gasteiger partial charge in [0.25, 0.3) is 0 Å². The summed E-state index contributed by atoms with van der Waals surface area (Å²) in [6, 6.07) is 9.83. The fourth-order valence-corrected chi connectivity index (χ4v) is 15.6. The summed E-state index contributed by atoms with van der Waals surface area (Å²) in [6.45, 7) is 17.8. The van der Waals surface area contributed by atoms with E-state index in [1.54, 1.807) is 0 Å². The molecule has 8 atom stereocenters. The number of rotatable bonds is 11. The molecule has 0 amide bonds. The van der Waals surface area contributed by atoms with E-state index in [9.17, 15) is 21.6 Å². The van der Waals surface area contributed by atoms with Gasteiger partial charge < -0.3 is 13.6 Å². The molecule has 4 aliphatic rings. The molecule has 0 unspecified atom stereocenters. The number of benzene rings is 1. The van der Waals surface area contributed by atoms with E-state index >= 15 is 0 Å². The summed E-state index contributed by atoms with van der Waals surface area (Å²) in [7, 11) is -11.4. The average molecular weight is 738 g/mol. The fraction of sp³-hybridized carbons (Fsp3) is 0.818.